The third kappa shape index (κ3) is 3.46. The Morgan fingerprint density at radius 1 is 1.44 bits per heavy atom. The van der Waals surface area contributed by atoms with Crippen LogP contribution >= 0.6 is 15.9 Å². The number of ether oxygens (including phenoxy) is 1. The molecular formula is C12H15BrFNO. The quantitative estimate of drug-likeness (QED) is 0.923. The fourth-order valence-corrected chi connectivity index (χ4v) is 2.34. The Balaban J connectivity index is 1.88. The van der Waals surface area contributed by atoms with Crippen molar-refractivity contribution in [2.24, 2.45) is 5.92 Å². The van der Waals surface area contributed by atoms with Crippen LogP contribution in [-0.2, 0) is 0 Å². The van der Waals surface area contributed by atoms with Crippen LogP contribution in [0.25, 0.3) is 0 Å². The second kappa shape index (κ2) is 5.64. The number of halogens is 2. The minimum Gasteiger partial charge on any atom is -0.493 e. The van der Waals surface area contributed by atoms with Crippen LogP contribution < -0.4 is 10.1 Å². The van der Waals surface area contributed by atoms with Crippen molar-refractivity contribution in [1.82, 2.24) is 5.32 Å². The van der Waals surface area contributed by atoms with E-state index in [4.69, 9.17) is 4.74 Å². The standard InChI is InChI=1S/C12H15BrFNO/c13-10-4-11(14)6-12(5-10)16-8-9-2-1-3-15-7-9/h4-6,9,15H,1-3,7-8H2/t9-/m1/s1. The molecule has 4 heteroatoms. The van der Waals surface area contributed by atoms with Gasteiger partial charge in [0.1, 0.15) is 11.6 Å². The maximum absolute atomic E-state index is 13.1. The van der Waals surface area contributed by atoms with Crippen molar-refractivity contribution >= 4 is 15.9 Å². The summed E-state index contributed by atoms with van der Waals surface area (Å²) in [5, 5.41) is 3.33. The van der Waals surface area contributed by atoms with Gasteiger partial charge in [-0.1, -0.05) is 15.9 Å². The molecule has 0 spiro atoms. The van der Waals surface area contributed by atoms with Gasteiger partial charge in [-0.25, -0.2) is 4.39 Å². The number of hydrogen-bond donors (Lipinski definition) is 1. The van der Waals surface area contributed by atoms with Crippen LogP contribution in [0.5, 0.6) is 5.75 Å². The summed E-state index contributed by atoms with van der Waals surface area (Å²) >= 11 is 3.25. The summed E-state index contributed by atoms with van der Waals surface area (Å²) in [6, 6.07) is 4.63. The predicted molar refractivity (Wildman–Crippen MR) is 65.2 cm³/mol. The lowest BCUT2D eigenvalue weighted by Crippen LogP contribution is -2.33. The van der Waals surface area contributed by atoms with E-state index in [1.165, 1.54) is 25.0 Å². The van der Waals surface area contributed by atoms with Gasteiger partial charge >= 0.3 is 0 Å². The van der Waals surface area contributed by atoms with Crippen molar-refractivity contribution in [3.8, 4) is 5.75 Å². The first-order valence-electron chi connectivity index (χ1n) is 5.53. The number of piperidine rings is 1. The van der Waals surface area contributed by atoms with Crippen LogP contribution in [0.2, 0.25) is 0 Å². The fourth-order valence-electron chi connectivity index (χ4n) is 1.89. The number of hydrogen-bond acceptors (Lipinski definition) is 2. The molecule has 0 amide bonds. The van der Waals surface area contributed by atoms with Gasteiger partial charge in [0.15, 0.2) is 0 Å². The van der Waals surface area contributed by atoms with Crippen molar-refractivity contribution in [2.45, 2.75) is 12.8 Å². The van der Waals surface area contributed by atoms with E-state index in [0.717, 1.165) is 13.1 Å². The molecule has 1 aliphatic rings. The highest BCUT2D eigenvalue weighted by atomic mass is 79.9. The van der Waals surface area contributed by atoms with Gasteiger partial charge in [-0.15, -0.1) is 0 Å². The summed E-state index contributed by atoms with van der Waals surface area (Å²) in [6.07, 6.45) is 2.38. The Morgan fingerprint density at radius 3 is 3.00 bits per heavy atom. The van der Waals surface area contributed by atoms with Gasteiger partial charge in [0.05, 0.1) is 6.61 Å². The number of rotatable bonds is 3. The highest BCUT2D eigenvalue weighted by Gasteiger charge is 2.13. The molecule has 16 heavy (non-hydrogen) atoms. The molecule has 0 saturated carbocycles. The molecule has 0 radical (unpaired) electrons. The van der Waals surface area contributed by atoms with Gasteiger partial charge in [0.2, 0.25) is 0 Å². The molecule has 1 heterocycles. The van der Waals surface area contributed by atoms with Gasteiger partial charge in [0, 0.05) is 23.0 Å². The number of nitrogens with one attached hydrogen (secondary N) is 1. The number of benzene rings is 1. The van der Waals surface area contributed by atoms with Gasteiger partial charge in [-0.2, -0.15) is 0 Å². The molecule has 1 saturated heterocycles. The van der Waals surface area contributed by atoms with Crippen LogP contribution in [0, 0.1) is 11.7 Å². The molecule has 0 aliphatic carbocycles. The minimum atomic E-state index is -0.272. The molecular weight excluding hydrogens is 273 g/mol. The lowest BCUT2D eigenvalue weighted by molar-refractivity contribution is 0.218. The van der Waals surface area contributed by atoms with E-state index >= 15 is 0 Å². The third-order valence-corrected chi connectivity index (χ3v) is 3.18. The zero-order valence-corrected chi connectivity index (χ0v) is 10.6. The average Bonchev–Trinajstić information content (AvgIpc) is 2.27. The highest BCUT2D eigenvalue weighted by molar-refractivity contribution is 9.10. The SMILES string of the molecule is Fc1cc(Br)cc(OC[C@@H]2CCCNC2)c1. The van der Waals surface area contributed by atoms with Gasteiger partial charge < -0.3 is 10.1 Å². The summed E-state index contributed by atoms with van der Waals surface area (Å²) in [5.41, 5.74) is 0. The minimum absolute atomic E-state index is 0.272. The molecule has 0 aromatic heterocycles. The van der Waals surface area contributed by atoms with Crippen LogP contribution in [0.1, 0.15) is 12.8 Å². The maximum Gasteiger partial charge on any atom is 0.128 e. The normalized spacial score (nSPS) is 20.8. The molecule has 1 aliphatic heterocycles. The maximum atomic E-state index is 13.1. The van der Waals surface area contributed by atoms with E-state index < -0.39 is 0 Å². The van der Waals surface area contributed by atoms with Gasteiger partial charge in [-0.05, 0) is 31.5 Å². The second-order valence-electron chi connectivity index (χ2n) is 4.13. The largest absolute Gasteiger partial charge is 0.493 e. The summed E-state index contributed by atoms with van der Waals surface area (Å²) in [5.74, 6) is 0.861. The fraction of sp³-hybridized carbons (Fsp3) is 0.500. The van der Waals surface area contributed by atoms with Crippen molar-refractivity contribution in [3.05, 3.63) is 28.5 Å². The Labute approximate surface area is 103 Å². The van der Waals surface area contributed by atoms with Crippen LogP contribution in [0.3, 0.4) is 0 Å². The first kappa shape index (κ1) is 11.9. The van der Waals surface area contributed by atoms with Crippen LogP contribution in [0.4, 0.5) is 4.39 Å². The molecule has 2 nitrogen and oxygen atoms in total. The van der Waals surface area contributed by atoms with Gasteiger partial charge in [-0.3, -0.25) is 0 Å². The molecule has 0 unspecified atom stereocenters. The molecule has 0 bridgehead atoms. The van der Waals surface area contributed by atoms with E-state index in [-0.39, 0.29) is 5.82 Å². The van der Waals surface area contributed by atoms with Crippen LogP contribution in [0.15, 0.2) is 22.7 Å². The van der Waals surface area contributed by atoms with E-state index in [1.807, 2.05) is 0 Å². The molecule has 1 fully saturated rings. The monoisotopic (exact) mass is 287 g/mol. The molecule has 1 atom stereocenters. The Bertz CT molecular complexity index is 333. The van der Waals surface area contributed by atoms with Crippen molar-refractivity contribution < 1.29 is 9.13 Å². The zero-order chi connectivity index (χ0) is 11.4. The summed E-state index contributed by atoms with van der Waals surface area (Å²) < 4.78 is 19.4. The van der Waals surface area contributed by atoms with E-state index in [0.29, 0.717) is 22.7 Å². The van der Waals surface area contributed by atoms with E-state index in [2.05, 4.69) is 21.2 Å². The molecule has 1 aromatic carbocycles. The Hall–Kier alpha value is -0.610. The van der Waals surface area contributed by atoms with Gasteiger partial charge in [0.25, 0.3) is 0 Å². The van der Waals surface area contributed by atoms with Crippen LogP contribution in [-0.4, -0.2) is 19.7 Å². The predicted octanol–water partition coefficient (Wildman–Crippen LogP) is 2.97. The van der Waals surface area contributed by atoms with Crippen molar-refractivity contribution in [2.75, 3.05) is 19.7 Å². The molecule has 1 aromatic rings. The highest BCUT2D eigenvalue weighted by Crippen LogP contribution is 2.21. The lowest BCUT2D eigenvalue weighted by Gasteiger charge is -2.22. The first-order valence-corrected chi connectivity index (χ1v) is 6.33. The zero-order valence-electron chi connectivity index (χ0n) is 9.01. The first-order chi connectivity index (χ1) is 7.74. The topological polar surface area (TPSA) is 21.3 Å². The molecule has 1 N–H and O–H groups in total. The Morgan fingerprint density at radius 2 is 2.31 bits per heavy atom. The molecule has 2 rings (SSSR count). The summed E-state index contributed by atoms with van der Waals surface area (Å²) in [7, 11) is 0. The summed E-state index contributed by atoms with van der Waals surface area (Å²) in [6.45, 7) is 2.75. The average molecular weight is 288 g/mol. The van der Waals surface area contributed by atoms with Crippen molar-refractivity contribution in [3.63, 3.8) is 0 Å². The van der Waals surface area contributed by atoms with E-state index in [9.17, 15) is 4.39 Å². The lowest BCUT2D eigenvalue weighted by atomic mass is 10.0. The molecule has 88 valence electrons. The second-order valence-corrected chi connectivity index (χ2v) is 5.04. The smallest absolute Gasteiger partial charge is 0.128 e. The Kier molecular flexibility index (Phi) is 4.18. The third-order valence-electron chi connectivity index (χ3n) is 2.72. The van der Waals surface area contributed by atoms with E-state index in [1.54, 1.807) is 6.07 Å². The van der Waals surface area contributed by atoms with Crippen molar-refractivity contribution in [1.29, 1.82) is 0 Å². The summed E-state index contributed by atoms with van der Waals surface area (Å²) in [4.78, 5) is 0.